The molecule has 0 aromatic heterocycles. The van der Waals surface area contributed by atoms with Crippen molar-refractivity contribution in [2.75, 3.05) is 0 Å². The van der Waals surface area contributed by atoms with Crippen LogP contribution in [0.3, 0.4) is 0 Å². The lowest BCUT2D eigenvalue weighted by atomic mass is 9.62. The molecule has 0 radical (unpaired) electrons. The van der Waals surface area contributed by atoms with Crippen LogP contribution >= 0.6 is 0 Å². The molecule has 0 atom stereocenters. The van der Waals surface area contributed by atoms with Crippen molar-refractivity contribution in [1.29, 1.82) is 0 Å². The first-order chi connectivity index (χ1) is 11.2. The van der Waals surface area contributed by atoms with Crippen LogP contribution in [-0.2, 0) is 10.8 Å². The molecule has 0 nitrogen and oxygen atoms in total. The third-order valence-corrected chi connectivity index (χ3v) is 5.84. The fourth-order valence-corrected chi connectivity index (χ4v) is 3.91. The topological polar surface area (TPSA) is 0 Å². The summed E-state index contributed by atoms with van der Waals surface area (Å²) in [6, 6.07) is 15.6. The molecular weight excluding hydrogens is 288 g/mol. The summed E-state index contributed by atoms with van der Waals surface area (Å²) in [5.74, 6) is 0. The summed E-state index contributed by atoms with van der Waals surface area (Å²) in [7, 11) is 0. The van der Waals surface area contributed by atoms with E-state index in [9.17, 15) is 0 Å². The Labute approximate surface area is 147 Å². The van der Waals surface area contributed by atoms with Gasteiger partial charge in [-0.05, 0) is 70.9 Å². The molecule has 0 heterocycles. The van der Waals surface area contributed by atoms with Gasteiger partial charge in [0, 0.05) is 0 Å². The maximum absolute atomic E-state index is 2.46. The molecule has 1 aliphatic rings. The van der Waals surface area contributed by atoms with Gasteiger partial charge in [-0.3, -0.25) is 0 Å². The van der Waals surface area contributed by atoms with E-state index in [4.69, 9.17) is 0 Å². The SMILES string of the molecule is CC(=Cc1cc2c(cc1C)C(C)(C)CCC2(C)C)c1ccccc1. The zero-order valence-corrected chi connectivity index (χ0v) is 16.0. The van der Waals surface area contributed by atoms with E-state index >= 15 is 0 Å². The minimum absolute atomic E-state index is 0.266. The van der Waals surface area contributed by atoms with Crippen LogP contribution in [0, 0.1) is 6.92 Å². The molecule has 0 aliphatic heterocycles. The predicted octanol–water partition coefficient (Wildman–Crippen LogP) is 6.90. The second kappa shape index (κ2) is 5.92. The standard InChI is InChI=1S/C24H30/c1-17(19-10-8-7-9-11-19)14-20-16-22-21(15-18(20)2)23(3,4)12-13-24(22,5)6/h7-11,14-16H,12-13H2,1-6H3. The summed E-state index contributed by atoms with van der Waals surface area (Å²) in [5.41, 5.74) is 9.01. The smallest absolute Gasteiger partial charge is 0.0100 e. The van der Waals surface area contributed by atoms with Crippen LogP contribution in [0.25, 0.3) is 11.6 Å². The van der Waals surface area contributed by atoms with Gasteiger partial charge in [0.2, 0.25) is 0 Å². The van der Waals surface area contributed by atoms with Crippen LogP contribution in [-0.4, -0.2) is 0 Å². The van der Waals surface area contributed by atoms with Gasteiger partial charge in [0.25, 0.3) is 0 Å². The lowest BCUT2D eigenvalue weighted by Gasteiger charge is -2.42. The molecule has 24 heavy (non-hydrogen) atoms. The maximum Gasteiger partial charge on any atom is -0.0100 e. The third kappa shape index (κ3) is 3.07. The minimum atomic E-state index is 0.266. The predicted molar refractivity (Wildman–Crippen MR) is 106 cm³/mol. The molecule has 2 aromatic carbocycles. The Bertz CT molecular complexity index is 773. The summed E-state index contributed by atoms with van der Waals surface area (Å²) < 4.78 is 0. The summed E-state index contributed by atoms with van der Waals surface area (Å²) >= 11 is 0. The molecule has 0 fully saturated rings. The van der Waals surface area contributed by atoms with E-state index in [0.29, 0.717) is 0 Å². The van der Waals surface area contributed by atoms with Gasteiger partial charge in [0.1, 0.15) is 0 Å². The van der Waals surface area contributed by atoms with Gasteiger partial charge >= 0.3 is 0 Å². The molecule has 0 amide bonds. The van der Waals surface area contributed by atoms with E-state index in [2.05, 4.69) is 90.1 Å². The number of fused-ring (bicyclic) bond motifs is 1. The highest BCUT2D eigenvalue weighted by molar-refractivity contribution is 5.81. The molecule has 0 bridgehead atoms. The molecule has 3 rings (SSSR count). The molecule has 126 valence electrons. The number of aryl methyl sites for hydroxylation is 1. The molecule has 1 aliphatic carbocycles. The highest BCUT2D eigenvalue weighted by Gasteiger charge is 2.37. The lowest BCUT2D eigenvalue weighted by molar-refractivity contribution is 0.331. The van der Waals surface area contributed by atoms with E-state index in [1.54, 1.807) is 5.56 Å². The number of hydrogen-bond donors (Lipinski definition) is 0. The van der Waals surface area contributed by atoms with Crippen molar-refractivity contribution in [2.24, 2.45) is 0 Å². The molecule has 0 unspecified atom stereocenters. The van der Waals surface area contributed by atoms with Crippen LogP contribution in [0.1, 0.15) is 75.3 Å². The van der Waals surface area contributed by atoms with Gasteiger partial charge in [-0.2, -0.15) is 0 Å². The van der Waals surface area contributed by atoms with E-state index in [0.717, 1.165) is 0 Å². The van der Waals surface area contributed by atoms with Crippen molar-refractivity contribution in [2.45, 2.75) is 65.2 Å². The molecule has 0 heteroatoms. The van der Waals surface area contributed by atoms with Gasteiger partial charge in [0.05, 0.1) is 0 Å². The second-order valence-electron chi connectivity index (χ2n) is 8.72. The largest absolute Gasteiger partial charge is 0.0622 e. The Morgan fingerprint density at radius 2 is 1.42 bits per heavy atom. The van der Waals surface area contributed by atoms with E-state index < -0.39 is 0 Å². The summed E-state index contributed by atoms with van der Waals surface area (Å²) in [4.78, 5) is 0. The summed E-state index contributed by atoms with van der Waals surface area (Å²) in [6.45, 7) is 14.0. The Hall–Kier alpha value is -1.82. The number of benzene rings is 2. The van der Waals surface area contributed by atoms with Gasteiger partial charge in [0.15, 0.2) is 0 Å². The highest BCUT2D eigenvalue weighted by atomic mass is 14.4. The first-order valence-electron chi connectivity index (χ1n) is 9.10. The molecule has 0 N–H and O–H groups in total. The van der Waals surface area contributed by atoms with Crippen LogP contribution in [0.5, 0.6) is 0 Å². The van der Waals surface area contributed by atoms with Crippen molar-refractivity contribution in [3.63, 3.8) is 0 Å². The highest BCUT2D eigenvalue weighted by Crippen LogP contribution is 2.46. The van der Waals surface area contributed by atoms with Crippen LogP contribution < -0.4 is 0 Å². The minimum Gasteiger partial charge on any atom is -0.0622 e. The Balaban J connectivity index is 2.12. The molecular formula is C24H30. The number of allylic oxidation sites excluding steroid dienone is 1. The fraction of sp³-hybridized carbons (Fsp3) is 0.417. The van der Waals surface area contributed by atoms with Crippen molar-refractivity contribution in [3.05, 3.63) is 70.3 Å². The maximum atomic E-state index is 2.46. The Kier molecular flexibility index (Phi) is 4.20. The average molecular weight is 319 g/mol. The molecule has 0 saturated carbocycles. The first-order valence-corrected chi connectivity index (χ1v) is 9.10. The van der Waals surface area contributed by atoms with Crippen molar-refractivity contribution in [1.82, 2.24) is 0 Å². The summed E-state index contributed by atoms with van der Waals surface area (Å²) in [5, 5.41) is 0. The van der Waals surface area contributed by atoms with Crippen molar-refractivity contribution < 1.29 is 0 Å². The normalized spacial score (nSPS) is 19.0. The van der Waals surface area contributed by atoms with E-state index in [1.807, 2.05) is 0 Å². The van der Waals surface area contributed by atoms with Gasteiger partial charge < -0.3 is 0 Å². The fourth-order valence-electron chi connectivity index (χ4n) is 3.91. The monoisotopic (exact) mass is 318 g/mol. The van der Waals surface area contributed by atoms with Gasteiger partial charge in [-0.25, -0.2) is 0 Å². The zero-order valence-electron chi connectivity index (χ0n) is 16.0. The average Bonchev–Trinajstić information content (AvgIpc) is 2.54. The Morgan fingerprint density at radius 1 is 0.875 bits per heavy atom. The quantitative estimate of drug-likeness (QED) is 0.528. The third-order valence-electron chi connectivity index (χ3n) is 5.84. The summed E-state index contributed by atoms with van der Waals surface area (Å²) in [6.07, 6.45) is 4.88. The van der Waals surface area contributed by atoms with Crippen LogP contribution in [0.2, 0.25) is 0 Å². The van der Waals surface area contributed by atoms with E-state index in [1.165, 1.54) is 40.7 Å². The number of hydrogen-bond acceptors (Lipinski definition) is 0. The zero-order chi connectivity index (χ0) is 17.5. The van der Waals surface area contributed by atoms with Crippen LogP contribution in [0.15, 0.2) is 42.5 Å². The van der Waals surface area contributed by atoms with E-state index in [-0.39, 0.29) is 10.8 Å². The first kappa shape index (κ1) is 17.0. The van der Waals surface area contributed by atoms with Gasteiger partial charge in [-0.15, -0.1) is 0 Å². The lowest BCUT2D eigenvalue weighted by Crippen LogP contribution is -2.34. The van der Waals surface area contributed by atoms with Crippen molar-refractivity contribution in [3.8, 4) is 0 Å². The second-order valence-corrected chi connectivity index (χ2v) is 8.72. The molecule has 0 spiro atoms. The Morgan fingerprint density at radius 3 is 2.00 bits per heavy atom. The van der Waals surface area contributed by atoms with Gasteiger partial charge in [-0.1, -0.05) is 76.2 Å². The molecule has 2 aromatic rings. The number of rotatable bonds is 2. The van der Waals surface area contributed by atoms with Crippen molar-refractivity contribution >= 4 is 11.6 Å². The van der Waals surface area contributed by atoms with Crippen LogP contribution in [0.4, 0.5) is 0 Å². The molecule has 0 saturated heterocycles.